The number of amides is 1. The molecule has 3 heteroatoms. The van der Waals surface area contributed by atoms with Gasteiger partial charge in [-0.05, 0) is 17.2 Å². The molecule has 2 aromatic rings. The molecule has 2 aromatic carbocycles. The summed E-state index contributed by atoms with van der Waals surface area (Å²) >= 11 is 0. The minimum absolute atomic E-state index is 0.0556. The largest absolute Gasteiger partial charge is 0.271 e. The van der Waals surface area contributed by atoms with E-state index in [1.54, 1.807) is 0 Å². The van der Waals surface area contributed by atoms with Gasteiger partial charge in [-0.2, -0.15) is 0 Å². The lowest BCUT2D eigenvalue weighted by Gasteiger charge is -1.92. The minimum atomic E-state index is 0.0556. The third-order valence-corrected chi connectivity index (χ3v) is 3.03. The third-order valence-electron chi connectivity index (χ3n) is 3.03. The van der Waals surface area contributed by atoms with E-state index in [9.17, 15) is 4.79 Å². The first-order valence-electron chi connectivity index (χ1n) is 6.25. The minimum Gasteiger partial charge on any atom is -0.271 e. The SMILES string of the molecule is CCCC1C(=O)N1N.c1ccc2ccccc2c1. The Morgan fingerprint density at radius 3 is 1.67 bits per heavy atom. The van der Waals surface area contributed by atoms with Crippen LogP contribution in [0.4, 0.5) is 0 Å². The van der Waals surface area contributed by atoms with Gasteiger partial charge >= 0.3 is 0 Å². The van der Waals surface area contributed by atoms with Crippen molar-refractivity contribution in [1.29, 1.82) is 0 Å². The third kappa shape index (κ3) is 2.87. The maximum absolute atomic E-state index is 10.4. The van der Waals surface area contributed by atoms with Gasteiger partial charge in [0.1, 0.15) is 6.04 Å². The molecule has 0 aliphatic carbocycles. The molecule has 0 spiro atoms. The molecule has 3 nitrogen and oxygen atoms in total. The summed E-state index contributed by atoms with van der Waals surface area (Å²) in [6.07, 6.45) is 1.94. The van der Waals surface area contributed by atoms with E-state index in [1.165, 1.54) is 15.8 Å². The first kappa shape index (κ1) is 12.6. The highest BCUT2D eigenvalue weighted by atomic mass is 16.2. The van der Waals surface area contributed by atoms with E-state index in [4.69, 9.17) is 5.84 Å². The van der Waals surface area contributed by atoms with Crippen molar-refractivity contribution in [1.82, 2.24) is 5.01 Å². The molecule has 1 heterocycles. The van der Waals surface area contributed by atoms with E-state index >= 15 is 0 Å². The molecule has 18 heavy (non-hydrogen) atoms. The van der Waals surface area contributed by atoms with E-state index in [2.05, 4.69) is 48.5 Å². The molecule has 1 aliphatic heterocycles. The highest BCUT2D eigenvalue weighted by Crippen LogP contribution is 2.18. The van der Waals surface area contributed by atoms with Crippen LogP contribution in [-0.4, -0.2) is 17.0 Å². The Morgan fingerprint density at radius 1 is 1.06 bits per heavy atom. The smallest absolute Gasteiger partial charge is 0.261 e. The molecule has 1 saturated heterocycles. The summed E-state index contributed by atoms with van der Waals surface area (Å²) in [5, 5.41) is 3.90. The number of rotatable bonds is 2. The van der Waals surface area contributed by atoms with Gasteiger partial charge in [-0.25, -0.2) is 5.84 Å². The lowest BCUT2D eigenvalue weighted by molar-refractivity contribution is -0.114. The summed E-state index contributed by atoms with van der Waals surface area (Å²) < 4.78 is 0. The zero-order valence-corrected chi connectivity index (χ0v) is 10.5. The van der Waals surface area contributed by atoms with Gasteiger partial charge in [0, 0.05) is 0 Å². The van der Waals surface area contributed by atoms with Crippen LogP contribution in [0.5, 0.6) is 0 Å². The van der Waals surface area contributed by atoms with Gasteiger partial charge in [0.15, 0.2) is 0 Å². The normalized spacial score (nSPS) is 17.3. The second-order valence-corrected chi connectivity index (χ2v) is 4.40. The average molecular weight is 242 g/mol. The number of nitrogens with zero attached hydrogens (tertiary/aromatic N) is 1. The van der Waals surface area contributed by atoms with Gasteiger partial charge in [-0.15, -0.1) is 0 Å². The Labute approximate surface area is 107 Å². The van der Waals surface area contributed by atoms with E-state index in [0.717, 1.165) is 12.8 Å². The quantitative estimate of drug-likeness (QED) is 0.500. The second-order valence-electron chi connectivity index (χ2n) is 4.40. The Bertz CT molecular complexity index is 473. The van der Waals surface area contributed by atoms with Crippen molar-refractivity contribution < 1.29 is 4.79 Å². The molecule has 0 saturated carbocycles. The topological polar surface area (TPSA) is 46.1 Å². The molecular formula is C15H18N2O. The lowest BCUT2D eigenvalue weighted by atomic mass is 10.1. The number of hydrogen-bond donors (Lipinski definition) is 1. The van der Waals surface area contributed by atoms with Crippen LogP contribution in [0, 0.1) is 0 Å². The second kappa shape index (κ2) is 5.65. The number of hydrogen-bond acceptors (Lipinski definition) is 2. The van der Waals surface area contributed by atoms with E-state index < -0.39 is 0 Å². The van der Waals surface area contributed by atoms with Crippen LogP contribution in [-0.2, 0) is 4.79 Å². The first-order chi connectivity index (χ1) is 8.74. The predicted molar refractivity (Wildman–Crippen MR) is 73.7 cm³/mol. The fourth-order valence-corrected chi connectivity index (χ4v) is 1.90. The zero-order chi connectivity index (χ0) is 13.0. The van der Waals surface area contributed by atoms with Crippen molar-refractivity contribution in [2.45, 2.75) is 25.8 Å². The van der Waals surface area contributed by atoms with Crippen LogP contribution in [0.2, 0.25) is 0 Å². The molecule has 0 radical (unpaired) electrons. The molecule has 1 unspecified atom stereocenters. The zero-order valence-electron chi connectivity index (χ0n) is 10.5. The van der Waals surface area contributed by atoms with Gasteiger partial charge in [0.2, 0.25) is 0 Å². The Balaban J connectivity index is 0.000000138. The highest BCUT2D eigenvalue weighted by Gasteiger charge is 2.42. The van der Waals surface area contributed by atoms with Crippen molar-refractivity contribution in [3.8, 4) is 0 Å². The van der Waals surface area contributed by atoms with Crippen LogP contribution >= 0.6 is 0 Å². The van der Waals surface area contributed by atoms with Gasteiger partial charge in [0.25, 0.3) is 5.91 Å². The van der Waals surface area contributed by atoms with Crippen molar-refractivity contribution in [3.63, 3.8) is 0 Å². The molecule has 94 valence electrons. The lowest BCUT2D eigenvalue weighted by Crippen LogP contribution is -2.09. The molecular weight excluding hydrogens is 224 g/mol. The van der Waals surface area contributed by atoms with Crippen molar-refractivity contribution in [2.24, 2.45) is 5.84 Å². The Morgan fingerprint density at radius 2 is 1.44 bits per heavy atom. The van der Waals surface area contributed by atoms with Crippen molar-refractivity contribution in [3.05, 3.63) is 48.5 Å². The molecule has 3 rings (SSSR count). The molecule has 0 bridgehead atoms. The summed E-state index contributed by atoms with van der Waals surface area (Å²) in [6, 6.07) is 16.8. The molecule has 1 atom stereocenters. The average Bonchev–Trinajstić information content (AvgIpc) is 2.98. The maximum atomic E-state index is 10.4. The van der Waals surface area contributed by atoms with E-state index in [0.29, 0.717) is 0 Å². The molecule has 2 N–H and O–H groups in total. The van der Waals surface area contributed by atoms with E-state index in [-0.39, 0.29) is 11.9 Å². The maximum Gasteiger partial charge on any atom is 0.261 e. The predicted octanol–water partition coefficient (Wildman–Crippen LogP) is 2.71. The molecule has 0 aromatic heterocycles. The van der Waals surface area contributed by atoms with Crippen molar-refractivity contribution in [2.75, 3.05) is 0 Å². The van der Waals surface area contributed by atoms with E-state index in [1.807, 2.05) is 6.92 Å². The van der Waals surface area contributed by atoms with Gasteiger partial charge < -0.3 is 0 Å². The fourth-order valence-electron chi connectivity index (χ4n) is 1.90. The standard InChI is InChI=1S/C10H8.C5H10N2O/c1-2-6-10-8-4-3-7-9(10)5-1;1-2-3-4-5(8)7(4)6/h1-8H;4H,2-3,6H2,1H3. The summed E-state index contributed by atoms with van der Waals surface area (Å²) in [7, 11) is 0. The van der Waals surface area contributed by atoms with Crippen molar-refractivity contribution >= 4 is 16.7 Å². The monoisotopic (exact) mass is 242 g/mol. The fraction of sp³-hybridized carbons (Fsp3) is 0.267. The summed E-state index contributed by atoms with van der Waals surface area (Å²) in [5.41, 5.74) is 0. The number of fused-ring (bicyclic) bond motifs is 1. The molecule has 1 amide bonds. The number of benzene rings is 2. The van der Waals surface area contributed by atoms with Crippen LogP contribution in [0.15, 0.2) is 48.5 Å². The highest BCUT2D eigenvalue weighted by molar-refractivity contribution is 5.95. The number of carbonyl (C=O) groups is 1. The Hall–Kier alpha value is -1.87. The number of carbonyl (C=O) groups excluding carboxylic acids is 1. The number of hydrazine groups is 1. The van der Waals surface area contributed by atoms with Crippen LogP contribution in [0.25, 0.3) is 10.8 Å². The molecule has 1 aliphatic rings. The van der Waals surface area contributed by atoms with Gasteiger partial charge in [-0.1, -0.05) is 61.9 Å². The van der Waals surface area contributed by atoms with Crippen LogP contribution in [0.1, 0.15) is 19.8 Å². The van der Waals surface area contributed by atoms with Crippen LogP contribution in [0.3, 0.4) is 0 Å². The molecule has 1 fully saturated rings. The first-order valence-corrected chi connectivity index (χ1v) is 6.25. The Kier molecular flexibility index (Phi) is 3.95. The number of nitrogens with two attached hydrogens (primary N) is 1. The summed E-state index contributed by atoms with van der Waals surface area (Å²) in [5.74, 6) is 5.27. The van der Waals surface area contributed by atoms with Crippen LogP contribution < -0.4 is 5.84 Å². The van der Waals surface area contributed by atoms with Gasteiger partial charge in [0.05, 0.1) is 0 Å². The summed E-state index contributed by atoms with van der Waals surface area (Å²) in [4.78, 5) is 10.4. The van der Waals surface area contributed by atoms with Gasteiger partial charge in [-0.3, -0.25) is 9.80 Å². The summed E-state index contributed by atoms with van der Waals surface area (Å²) in [6.45, 7) is 2.04.